The first-order chi connectivity index (χ1) is 9.15. The SMILES string of the molecule is CSCCCCNCC(O)c1ccc([N+](=O)[O-])cc1. The molecule has 0 fully saturated rings. The van der Waals surface area contributed by atoms with Crippen molar-refractivity contribution in [3.8, 4) is 0 Å². The fourth-order valence-electron chi connectivity index (χ4n) is 1.67. The van der Waals surface area contributed by atoms with Crippen LogP contribution in [0, 0.1) is 10.1 Å². The molecule has 0 aliphatic carbocycles. The summed E-state index contributed by atoms with van der Waals surface area (Å²) in [6.07, 6.45) is 3.72. The average Bonchev–Trinajstić information content (AvgIpc) is 2.42. The number of nitro benzene ring substituents is 1. The van der Waals surface area contributed by atoms with E-state index in [1.54, 1.807) is 12.1 Å². The fraction of sp³-hybridized carbons (Fsp3) is 0.538. The van der Waals surface area contributed by atoms with Crippen molar-refractivity contribution in [3.63, 3.8) is 0 Å². The van der Waals surface area contributed by atoms with E-state index in [4.69, 9.17) is 0 Å². The highest BCUT2D eigenvalue weighted by Crippen LogP contribution is 2.17. The minimum atomic E-state index is -0.624. The molecule has 0 aromatic heterocycles. The summed E-state index contributed by atoms with van der Waals surface area (Å²) < 4.78 is 0. The number of unbranched alkanes of at least 4 members (excludes halogenated alkanes) is 1. The lowest BCUT2D eigenvalue weighted by Crippen LogP contribution is -2.22. The minimum absolute atomic E-state index is 0.0426. The van der Waals surface area contributed by atoms with Gasteiger partial charge in [-0.3, -0.25) is 10.1 Å². The first kappa shape index (κ1) is 15.9. The van der Waals surface area contributed by atoms with Gasteiger partial charge in [0.25, 0.3) is 5.69 Å². The number of non-ortho nitro benzene ring substituents is 1. The predicted molar refractivity (Wildman–Crippen MR) is 78.5 cm³/mol. The molecule has 0 saturated carbocycles. The Kier molecular flexibility index (Phi) is 7.47. The Hall–Kier alpha value is -1.11. The van der Waals surface area contributed by atoms with Gasteiger partial charge in [0.1, 0.15) is 0 Å². The maximum absolute atomic E-state index is 10.5. The second-order valence-electron chi connectivity index (χ2n) is 4.27. The lowest BCUT2D eigenvalue weighted by molar-refractivity contribution is -0.384. The van der Waals surface area contributed by atoms with E-state index >= 15 is 0 Å². The van der Waals surface area contributed by atoms with E-state index < -0.39 is 11.0 Å². The van der Waals surface area contributed by atoms with E-state index in [0.29, 0.717) is 12.1 Å². The largest absolute Gasteiger partial charge is 0.387 e. The third-order valence-electron chi connectivity index (χ3n) is 2.78. The van der Waals surface area contributed by atoms with Crippen molar-refractivity contribution in [3.05, 3.63) is 39.9 Å². The van der Waals surface area contributed by atoms with Crippen molar-refractivity contribution >= 4 is 17.4 Å². The average molecular weight is 284 g/mol. The van der Waals surface area contributed by atoms with Gasteiger partial charge < -0.3 is 10.4 Å². The van der Waals surface area contributed by atoms with Gasteiger partial charge in [0.15, 0.2) is 0 Å². The fourth-order valence-corrected chi connectivity index (χ4v) is 2.16. The molecule has 5 nitrogen and oxygen atoms in total. The first-order valence-corrected chi connectivity index (χ1v) is 7.66. The molecule has 0 amide bonds. The molecule has 19 heavy (non-hydrogen) atoms. The van der Waals surface area contributed by atoms with E-state index in [0.717, 1.165) is 18.7 Å². The number of hydrogen-bond donors (Lipinski definition) is 2. The molecule has 1 unspecified atom stereocenters. The summed E-state index contributed by atoms with van der Waals surface area (Å²) in [4.78, 5) is 10.1. The van der Waals surface area contributed by atoms with Crippen LogP contribution in [0.3, 0.4) is 0 Å². The number of aliphatic hydroxyl groups excluding tert-OH is 1. The van der Waals surface area contributed by atoms with Gasteiger partial charge in [-0.15, -0.1) is 0 Å². The Labute approximate surface area is 117 Å². The van der Waals surface area contributed by atoms with Crippen LogP contribution in [0.2, 0.25) is 0 Å². The lowest BCUT2D eigenvalue weighted by Gasteiger charge is -2.12. The quantitative estimate of drug-likeness (QED) is 0.413. The molecule has 1 aromatic carbocycles. The molecule has 0 radical (unpaired) electrons. The summed E-state index contributed by atoms with van der Waals surface area (Å²) in [6, 6.07) is 6.02. The molecule has 2 N–H and O–H groups in total. The van der Waals surface area contributed by atoms with Crippen LogP contribution in [0.25, 0.3) is 0 Å². The van der Waals surface area contributed by atoms with Gasteiger partial charge in [0.2, 0.25) is 0 Å². The second-order valence-corrected chi connectivity index (χ2v) is 5.25. The highest BCUT2D eigenvalue weighted by atomic mass is 32.2. The smallest absolute Gasteiger partial charge is 0.269 e. The third-order valence-corrected chi connectivity index (χ3v) is 3.48. The van der Waals surface area contributed by atoms with Crippen LogP contribution in [-0.2, 0) is 0 Å². The molecule has 0 aliphatic heterocycles. The molecule has 6 heteroatoms. The van der Waals surface area contributed by atoms with Crippen molar-refractivity contribution in [2.45, 2.75) is 18.9 Å². The molecule has 0 saturated heterocycles. The number of nitrogens with zero attached hydrogens (tertiary/aromatic N) is 1. The maximum atomic E-state index is 10.5. The number of thioether (sulfide) groups is 1. The van der Waals surface area contributed by atoms with Crippen LogP contribution in [0.15, 0.2) is 24.3 Å². The number of rotatable bonds is 9. The molecule has 1 rings (SSSR count). The zero-order valence-electron chi connectivity index (χ0n) is 11.0. The maximum Gasteiger partial charge on any atom is 0.269 e. The Morgan fingerprint density at radius 1 is 1.37 bits per heavy atom. The lowest BCUT2D eigenvalue weighted by atomic mass is 10.1. The van der Waals surface area contributed by atoms with Crippen LogP contribution < -0.4 is 5.32 Å². The Bertz CT molecular complexity index is 384. The summed E-state index contributed by atoms with van der Waals surface area (Å²) in [6.45, 7) is 1.35. The van der Waals surface area contributed by atoms with Crippen LogP contribution in [0.5, 0.6) is 0 Å². The summed E-state index contributed by atoms with van der Waals surface area (Å²) in [5.74, 6) is 1.16. The van der Waals surface area contributed by atoms with Crippen molar-refractivity contribution in [1.29, 1.82) is 0 Å². The van der Waals surface area contributed by atoms with Gasteiger partial charge in [0, 0.05) is 18.7 Å². The number of nitrogens with one attached hydrogen (secondary N) is 1. The highest BCUT2D eigenvalue weighted by molar-refractivity contribution is 7.98. The second kappa shape index (κ2) is 8.90. The molecule has 0 aliphatic rings. The Morgan fingerprint density at radius 3 is 2.63 bits per heavy atom. The zero-order chi connectivity index (χ0) is 14.1. The number of benzene rings is 1. The summed E-state index contributed by atoms with van der Waals surface area (Å²) >= 11 is 1.83. The Balaban J connectivity index is 2.29. The van der Waals surface area contributed by atoms with Gasteiger partial charge in [-0.05, 0) is 49.1 Å². The van der Waals surface area contributed by atoms with Crippen LogP contribution in [-0.4, -0.2) is 35.1 Å². The Morgan fingerprint density at radius 2 is 2.05 bits per heavy atom. The molecule has 1 aromatic rings. The highest BCUT2D eigenvalue weighted by Gasteiger charge is 2.09. The molecule has 0 heterocycles. The minimum Gasteiger partial charge on any atom is -0.387 e. The van der Waals surface area contributed by atoms with Gasteiger partial charge in [-0.1, -0.05) is 0 Å². The van der Waals surface area contributed by atoms with Crippen molar-refractivity contribution in [2.75, 3.05) is 25.1 Å². The number of hydrogen-bond acceptors (Lipinski definition) is 5. The molecular weight excluding hydrogens is 264 g/mol. The molecule has 1 atom stereocenters. The van der Waals surface area contributed by atoms with E-state index in [-0.39, 0.29) is 5.69 Å². The normalized spacial score (nSPS) is 12.3. The van der Waals surface area contributed by atoms with E-state index in [1.165, 1.54) is 18.6 Å². The van der Waals surface area contributed by atoms with E-state index in [2.05, 4.69) is 11.6 Å². The van der Waals surface area contributed by atoms with Crippen LogP contribution in [0.1, 0.15) is 24.5 Å². The predicted octanol–water partition coefficient (Wildman–Crippen LogP) is 2.36. The van der Waals surface area contributed by atoms with Crippen LogP contribution >= 0.6 is 11.8 Å². The van der Waals surface area contributed by atoms with Crippen molar-refractivity contribution in [2.24, 2.45) is 0 Å². The molecule has 0 bridgehead atoms. The number of nitro groups is 1. The van der Waals surface area contributed by atoms with Crippen molar-refractivity contribution in [1.82, 2.24) is 5.32 Å². The van der Waals surface area contributed by atoms with E-state index in [9.17, 15) is 15.2 Å². The van der Waals surface area contributed by atoms with Gasteiger partial charge in [0.05, 0.1) is 11.0 Å². The van der Waals surface area contributed by atoms with Gasteiger partial charge >= 0.3 is 0 Å². The summed E-state index contributed by atoms with van der Waals surface area (Å²) in [5, 5.41) is 23.6. The topological polar surface area (TPSA) is 75.4 Å². The molecule has 0 spiro atoms. The van der Waals surface area contributed by atoms with Gasteiger partial charge in [-0.25, -0.2) is 0 Å². The monoisotopic (exact) mass is 284 g/mol. The van der Waals surface area contributed by atoms with E-state index in [1.807, 2.05) is 11.8 Å². The molecule has 106 valence electrons. The third kappa shape index (κ3) is 6.04. The standard InChI is InChI=1S/C13H20N2O3S/c1-19-9-3-2-8-14-10-13(16)11-4-6-12(7-5-11)15(17)18/h4-7,13-14,16H,2-3,8-10H2,1H3. The van der Waals surface area contributed by atoms with Crippen LogP contribution in [0.4, 0.5) is 5.69 Å². The van der Waals surface area contributed by atoms with Gasteiger partial charge in [-0.2, -0.15) is 11.8 Å². The zero-order valence-corrected chi connectivity index (χ0v) is 11.9. The first-order valence-electron chi connectivity index (χ1n) is 6.27. The number of aliphatic hydroxyl groups is 1. The van der Waals surface area contributed by atoms with Crippen molar-refractivity contribution < 1.29 is 10.0 Å². The summed E-state index contributed by atoms with van der Waals surface area (Å²) in [5.41, 5.74) is 0.739. The summed E-state index contributed by atoms with van der Waals surface area (Å²) in [7, 11) is 0. The molecular formula is C13H20N2O3S.